The molecule has 0 unspecified atom stereocenters. The molecule has 1 heterocycles. The molecule has 0 amide bonds. The van der Waals surface area contributed by atoms with Crippen molar-refractivity contribution in [2.45, 2.75) is 19.9 Å². The third kappa shape index (κ3) is 1.82. The minimum absolute atomic E-state index is 0.519. The third-order valence-corrected chi connectivity index (χ3v) is 2.54. The normalized spacial score (nSPS) is 13.4. The second kappa shape index (κ2) is 3.74. The summed E-state index contributed by atoms with van der Waals surface area (Å²) in [5, 5.41) is 5.47. The predicted molar refractivity (Wildman–Crippen MR) is 46.4 cm³/mol. The maximum Gasteiger partial charge on any atom is 0.0385 e. The van der Waals surface area contributed by atoms with Crippen LogP contribution in [0.25, 0.3) is 0 Å². The van der Waals surface area contributed by atoms with E-state index in [0.29, 0.717) is 6.04 Å². The fraction of sp³-hybridized carbons (Fsp3) is 0.500. The van der Waals surface area contributed by atoms with Gasteiger partial charge in [0.2, 0.25) is 0 Å². The van der Waals surface area contributed by atoms with Gasteiger partial charge in [0.25, 0.3) is 0 Å². The van der Waals surface area contributed by atoms with Crippen molar-refractivity contribution in [2.75, 3.05) is 6.54 Å². The van der Waals surface area contributed by atoms with Crippen LogP contribution in [0.4, 0.5) is 0 Å². The Morgan fingerprint density at radius 2 is 2.50 bits per heavy atom. The van der Waals surface area contributed by atoms with Crippen molar-refractivity contribution in [3.05, 3.63) is 22.4 Å². The molecule has 0 saturated heterocycles. The molecule has 56 valence electrons. The van der Waals surface area contributed by atoms with Gasteiger partial charge in [-0.3, -0.25) is 0 Å². The van der Waals surface area contributed by atoms with Crippen molar-refractivity contribution in [2.24, 2.45) is 0 Å². The standard InChI is InChI=1S/C8H13NS/c1-3-9-7(2)8-5-4-6-10-8/h4-7,9H,3H2,1-2H3/t7-/m0/s1. The second-order valence-corrected chi connectivity index (χ2v) is 3.27. The minimum Gasteiger partial charge on any atom is -0.310 e. The lowest BCUT2D eigenvalue weighted by Gasteiger charge is -2.08. The molecule has 0 aliphatic heterocycles. The van der Waals surface area contributed by atoms with E-state index >= 15 is 0 Å². The molecule has 1 N–H and O–H groups in total. The van der Waals surface area contributed by atoms with Gasteiger partial charge in [0, 0.05) is 10.9 Å². The smallest absolute Gasteiger partial charge is 0.0385 e. The average Bonchev–Trinajstić information content (AvgIpc) is 2.38. The van der Waals surface area contributed by atoms with Crippen LogP contribution in [0.1, 0.15) is 24.8 Å². The van der Waals surface area contributed by atoms with Gasteiger partial charge in [-0.2, -0.15) is 0 Å². The summed E-state index contributed by atoms with van der Waals surface area (Å²) < 4.78 is 0. The average molecular weight is 155 g/mol. The molecule has 1 atom stereocenters. The zero-order chi connectivity index (χ0) is 7.40. The van der Waals surface area contributed by atoms with E-state index in [1.54, 1.807) is 0 Å². The highest BCUT2D eigenvalue weighted by molar-refractivity contribution is 7.10. The van der Waals surface area contributed by atoms with Gasteiger partial charge in [0.05, 0.1) is 0 Å². The highest BCUT2D eigenvalue weighted by atomic mass is 32.1. The molecular weight excluding hydrogens is 142 g/mol. The Morgan fingerprint density at radius 3 is 3.00 bits per heavy atom. The first-order valence-electron chi connectivity index (χ1n) is 3.61. The first kappa shape index (κ1) is 7.76. The molecule has 0 saturated carbocycles. The van der Waals surface area contributed by atoms with E-state index in [0.717, 1.165) is 6.54 Å². The lowest BCUT2D eigenvalue weighted by molar-refractivity contribution is 0.607. The van der Waals surface area contributed by atoms with Crippen molar-refractivity contribution < 1.29 is 0 Å². The topological polar surface area (TPSA) is 12.0 Å². The van der Waals surface area contributed by atoms with E-state index in [9.17, 15) is 0 Å². The van der Waals surface area contributed by atoms with Crippen LogP contribution in [0.2, 0.25) is 0 Å². The number of hydrogen-bond donors (Lipinski definition) is 1. The molecule has 1 rings (SSSR count). The molecule has 2 heteroatoms. The predicted octanol–water partition coefficient (Wildman–Crippen LogP) is 2.42. The fourth-order valence-corrected chi connectivity index (χ4v) is 1.70. The maximum atomic E-state index is 3.36. The molecule has 0 radical (unpaired) electrons. The summed E-state index contributed by atoms with van der Waals surface area (Å²) in [7, 11) is 0. The van der Waals surface area contributed by atoms with Crippen LogP contribution in [0.5, 0.6) is 0 Å². The molecule has 0 aromatic carbocycles. The fourth-order valence-electron chi connectivity index (χ4n) is 0.944. The lowest BCUT2D eigenvalue weighted by atomic mass is 10.3. The van der Waals surface area contributed by atoms with Crippen LogP contribution in [-0.2, 0) is 0 Å². The molecule has 0 bridgehead atoms. The number of rotatable bonds is 3. The summed E-state index contributed by atoms with van der Waals surface area (Å²) in [6.07, 6.45) is 0. The molecule has 1 nitrogen and oxygen atoms in total. The summed E-state index contributed by atoms with van der Waals surface area (Å²) >= 11 is 1.81. The van der Waals surface area contributed by atoms with Crippen molar-refractivity contribution in [3.63, 3.8) is 0 Å². The molecule has 0 spiro atoms. The van der Waals surface area contributed by atoms with Crippen molar-refractivity contribution >= 4 is 11.3 Å². The Balaban J connectivity index is 2.50. The van der Waals surface area contributed by atoms with Crippen LogP contribution in [0.3, 0.4) is 0 Å². The molecule has 0 aliphatic carbocycles. The van der Waals surface area contributed by atoms with Crippen LogP contribution < -0.4 is 5.32 Å². The summed E-state index contributed by atoms with van der Waals surface area (Å²) in [6, 6.07) is 4.77. The van der Waals surface area contributed by atoms with E-state index in [2.05, 4.69) is 36.7 Å². The summed E-state index contributed by atoms with van der Waals surface area (Å²) in [4.78, 5) is 1.42. The van der Waals surface area contributed by atoms with Gasteiger partial charge in [0.1, 0.15) is 0 Å². The first-order valence-corrected chi connectivity index (χ1v) is 4.49. The van der Waals surface area contributed by atoms with Gasteiger partial charge in [-0.25, -0.2) is 0 Å². The molecule has 1 aromatic rings. The molecule has 1 aromatic heterocycles. The highest BCUT2D eigenvalue weighted by Gasteiger charge is 2.01. The number of thiophene rings is 1. The van der Waals surface area contributed by atoms with Crippen LogP contribution >= 0.6 is 11.3 Å². The van der Waals surface area contributed by atoms with Gasteiger partial charge < -0.3 is 5.32 Å². The van der Waals surface area contributed by atoms with E-state index < -0.39 is 0 Å². The largest absolute Gasteiger partial charge is 0.310 e. The van der Waals surface area contributed by atoms with Crippen LogP contribution in [0, 0.1) is 0 Å². The van der Waals surface area contributed by atoms with E-state index in [4.69, 9.17) is 0 Å². The Hall–Kier alpha value is -0.340. The minimum atomic E-state index is 0.519. The zero-order valence-corrected chi connectivity index (χ0v) is 7.24. The van der Waals surface area contributed by atoms with Crippen molar-refractivity contribution in [3.8, 4) is 0 Å². The van der Waals surface area contributed by atoms with E-state index in [1.807, 2.05) is 11.3 Å². The molecule has 0 fully saturated rings. The van der Waals surface area contributed by atoms with Gasteiger partial charge in [-0.15, -0.1) is 11.3 Å². The summed E-state index contributed by atoms with van der Waals surface area (Å²) in [5.41, 5.74) is 0. The van der Waals surface area contributed by atoms with Gasteiger partial charge in [-0.1, -0.05) is 13.0 Å². The van der Waals surface area contributed by atoms with Crippen LogP contribution in [-0.4, -0.2) is 6.54 Å². The summed E-state index contributed by atoms with van der Waals surface area (Å²) in [6.45, 7) is 5.36. The van der Waals surface area contributed by atoms with Gasteiger partial charge in [0.15, 0.2) is 0 Å². The Bertz CT molecular complexity index is 169. The van der Waals surface area contributed by atoms with Crippen molar-refractivity contribution in [1.82, 2.24) is 5.32 Å². The zero-order valence-electron chi connectivity index (χ0n) is 6.42. The third-order valence-electron chi connectivity index (χ3n) is 1.48. The highest BCUT2D eigenvalue weighted by Crippen LogP contribution is 2.17. The summed E-state index contributed by atoms with van der Waals surface area (Å²) in [5.74, 6) is 0. The van der Waals surface area contributed by atoms with E-state index in [-0.39, 0.29) is 0 Å². The van der Waals surface area contributed by atoms with Gasteiger partial charge in [-0.05, 0) is 24.9 Å². The first-order chi connectivity index (χ1) is 4.84. The van der Waals surface area contributed by atoms with E-state index in [1.165, 1.54) is 4.88 Å². The Morgan fingerprint density at radius 1 is 1.70 bits per heavy atom. The molecule has 0 aliphatic rings. The second-order valence-electron chi connectivity index (χ2n) is 2.29. The molecule has 10 heavy (non-hydrogen) atoms. The number of hydrogen-bond acceptors (Lipinski definition) is 2. The Kier molecular flexibility index (Phi) is 2.90. The SMILES string of the molecule is CCN[C@@H](C)c1cccs1. The Labute approximate surface area is 66.1 Å². The molecular formula is C8H13NS. The quantitative estimate of drug-likeness (QED) is 0.707. The maximum absolute atomic E-state index is 3.36. The van der Waals surface area contributed by atoms with Crippen LogP contribution in [0.15, 0.2) is 17.5 Å². The lowest BCUT2D eigenvalue weighted by Crippen LogP contribution is -2.16. The monoisotopic (exact) mass is 155 g/mol. The van der Waals surface area contributed by atoms with Crippen molar-refractivity contribution in [1.29, 1.82) is 0 Å². The number of nitrogens with one attached hydrogen (secondary N) is 1. The van der Waals surface area contributed by atoms with Gasteiger partial charge >= 0.3 is 0 Å².